The van der Waals surface area contributed by atoms with Crippen LogP contribution in [0.2, 0.25) is 5.02 Å². The van der Waals surface area contributed by atoms with Gasteiger partial charge in [-0.15, -0.1) is 5.10 Å². The first-order chi connectivity index (χ1) is 11.7. The third kappa shape index (κ3) is 2.84. The summed E-state index contributed by atoms with van der Waals surface area (Å²) in [6, 6.07) is 7.38. The van der Waals surface area contributed by atoms with Gasteiger partial charge in [-0.05, 0) is 35.4 Å². The molecule has 0 radical (unpaired) electrons. The molecule has 0 N–H and O–H groups in total. The summed E-state index contributed by atoms with van der Waals surface area (Å²) in [5, 5.41) is 12.3. The predicted octanol–water partition coefficient (Wildman–Crippen LogP) is 1.88. The molecule has 1 aromatic carbocycles. The lowest BCUT2D eigenvalue weighted by atomic mass is 9.98. The first-order valence-electron chi connectivity index (χ1n) is 8.18. The SMILES string of the molecule is O=C([C@H]1CCCCn2nnnc21)N1CC(Oc2ccccc2Cl)C1. The zero-order valence-corrected chi connectivity index (χ0v) is 13.9. The third-order valence-electron chi connectivity index (χ3n) is 4.57. The summed E-state index contributed by atoms with van der Waals surface area (Å²) in [4.78, 5) is 14.6. The van der Waals surface area contributed by atoms with Crippen molar-refractivity contribution in [3.05, 3.63) is 35.1 Å². The Morgan fingerprint density at radius 3 is 2.92 bits per heavy atom. The molecule has 2 aromatic rings. The summed E-state index contributed by atoms with van der Waals surface area (Å²) in [6.07, 6.45) is 2.77. The molecule has 2 aliphatic heterocycles. The first-order valence-corrected chi connectivity index (χ1v) is 8.56. The Hall–Kier alpha value is -2.15. The molecule has 0 aliphatic carbocycles. The minimum Gasteiger partial charge on any atom is -0.485 e. The molecule has 8 heteroatoms. The molecule has 7 nitrogen and oxygen atoms in total. The number of benzene rings is 1. The van der Waals surface area contributed by atoms with Crippen LogP contribution in [-0.2, 0) is 11.3 Å². The van der Waals surface area contributed by atoms with E-state index in [1.54, 1.807) is 10.7 Å². The highest BCUT2D eigenvalue weighted by atomic mass is 35.5. The van der Waals surface area contributed by atoms with Gasteiger partial charge in [0.1, 0.15) is 11.9 Å². The molecule has 1 aromatic heterocycles. The number of nitrogens with zero attached hydrogens (tertiary/aromatic N) is 5. The Morgan fingerprint density at radius 2 is 2.08 bits per heavy atom. The summed E-state index contributed by atoms with van der Waals surface area (Å²) in [5.74, 6) is 1.19. The summed E-state index contributed by atoms with van der Waals surface area (Å²) < 4.78 is 7.61. The van der Waals surface area contributed by atoms with Crippen molar-refractivity contribution in [1.29, 1.82) is 0 Å². The van der Waals surface area contributed by atoms with Crippen LogP contribution in [0, 0.1) is 0 Å². The molecule has 1 saturated heterocycles. The molecule has 126 valence electrons. The number of likely N-dealkylation sites (tertiary alicyclic amines) is 1. The van der Waals surface area contributed by atoms with Crippen molar-refractivity contribution in [3.8, 4) is 5.75 Å². The van der Waals surface area contributed by atoms with E-state index in [0.717, 1.165) is 25.8 Å². The zero-order chi connectivity index (χ0) is 16.5. The van der Waals surface area contributed by atoms with Gasteiger partial charge in [0.25, 0.3) is 0 Å². The molecule has 0 saturated carbocycles. The molecule has 3 heterocycles. The van der Waals surface area contributed by atoms with E-state index in [9.17, 15) is 4.79 Å². The Morgan fingerprint density at radius 1 is 1.25 bits per heavy atom. The second-order valence-electron chi connectivity index (χ2n) is 6.22. The van der Waals surface area contributed by atoms with Crippen LogP contribution < -0.4 is 4.74 Å². The number of hydrogen-bond acceptors (Lipinski definition) is 5. The van der Waals surface area contributed by atoms with Crippen molar-refractivity contribution in [2.24, 2.45) is 0 Å². The molecule has 0 bridgehead atoms. The van der Waals surface area contributed by atoms with E-state index in [0.29, 0.717) is 29.7 Å². The van der Waals surface area contributed by atoms with Crippen molar-refractivity contribution in [1.82, 2.24) is 25.1 Å². The van der Waals surface area contributed by atoms with Crippen LogP contribution in [-0.4, -0.2) is 50.2 Å². The molecule has 1 fully saturated rings. The minimum atomic E-state index is -0.247. The second-order valence-corrected chi connectivity index (χ2v) is 6.63. The fourth-order valence-corrected chi connectivity index (χ4v) is 3.41. The standard InChI is InChI=1S/C16H18ClN5O2/c17-13-6-1-2-7-14(13)24-11-9-21(10-11)16(23)12-5-3-4-8-22-15(12)18-19-20-22/h1-2,6-7,11-12H,3-5,8-10H2/t12-/m0/s1. The number of para-hydroxylation sites is 1. The molecule has 1 amide bonds. The average molecular weight is 348 g/mol. The summed E-state index contributed by atoms with van der Waals surface area (Å²) in [6.45, 7) is 1.93. The molecule has 2 aliphatic rings. The molecule has 0 unspecified atom stereocenters. The Labute approximate surface area is 144 Å². The fourth-order valence-electron chi connectivity index (χ4n) is 3.23. The van der Waals surface area contributed by atoms with Crippen LogP contribution >= 0.6 is 11.6 Å². The quantitative estimate of drug-likeness (QED) is 0.847. The van der Waals surface area contributed by atoms with E-state index < -0.39 is 0 Å². The number of carbonyl (C=O) groups is 1. The number of hydrogen-bond donors (Lipinski definition) is 0. The van der Waals surface area contributed by atoms with Crippen LogP contribution in [0.1, 0.15) is 31.0 Å². The van der Waals surface area contributed by atoms with Gasteiger partial charge in [0.15, 0.2) is 5.82 Å². The second kappa shape index (κ2) is 6.39. The van der Waals surface area contributed by atoms with Crippen LogP contribution in [0.3, 0.4) is 0 Å². The number of ether oxygens (including phenoxy) is 1. The number of carbonyl (C=O) groups excluding carboxylic acids is 1. The Balaban J connectivity index is 1.39. The molecular formula is C16H18ClN5O2. The lowest BCUT2D eigenvalue weighted by molar-refractivity contribution is -0.142. The normalized spacial score (nSPS) is 20.9. The summed E-state index contributed by atoms with van der Waals surface area (Å²) in [7, 11) is 0. The number of rotatable bonds is 3. The third-order valence-corrected chi connectivity index (χ3v) is 4.88. The number of amides is 1. The number of fused-ring (bicyclic) bond motifs is 1. The molecule has 4 rings (SSSR count). The van der Waals surface area contributed by atoms with Gasteiger partial charge in [0, 0.05) is 6.54 Å². The van der Waals surface area contributed by atoms with Crippen LogP contribution in [0.25, 0.3) is 0 Å². The van der Waals surface area contributed by atoms with Crippen molar-refractivity contribution in [3.63, 3.8) is 0 Å². The zero-order valence-electron chi connectivity index (χ0n) is 13.1. The highest BCUT2D eigenvalue weighted by Crippen LogP contribution is 2.30. The minimum absolute atomic E-state index is 0.0179. The Bertz CT molecular complexity index is 744. The molecule has 0 spiro atoms. The number of tetrazole rings is 1. The maximum Gasteiger partial charge on any atom is 0.233 e. The highest BCUT2D eigenvalue weighted by molar-refractivity contribution is 6.32. The van der Waals surface area contributed by atoms with Gasteiger partial charge in [-0.2, -0.15) is 0 Å². The van der Waals surface area contributed by atoms with E-state index in [-0.39, 0.29) is 17.9 Å². The summed E-state index contributed by atoms with van der Waals surface area (Å²) >= 11 is 6.10. The van der Waals surface area contributed by atoms with Gasteiger partial charge in [-0.3, -0.25) is 4.79 Å². The van der Waals surface area contributed by atoms with E-state index >= 15 is 0 Å². The van der Waals surface area contributed by atoms with Crippen LogP contribution in [0.15, 0.2) is 24.3 Å². The highest BCUT2D eigenvalue weighted by Gasteiger charge is 2.38. The van der Waals surface area contributed by atoms with E-state index in [2.05, 4.69) is 15.5 Å². The van der Waals surface area contributed by atoms with Crippen LogP contribution in [0.4, 0.5) is 0 Å². The van der Waals surface area contributed by atoms with Gasteiger partial charge in [0.05, 0.1) is 24.0 Å². The van der Waals surface area contributed by atoms with E-state index in [4.69, 9.17) is 16.3 Å². The lowest BCUT2D eigenvalue weighted by Gasteiger charge is -2.40. The van der Waals surface area contributed by atoms with Gasteiger partial charge < -0.3 is 9.64 Å². The van der Waals surface area contributed by atoms with Gasteiger partial charge >= 0.3 is 0 Å². The van der Waals surface area contributed by atoms with Gasteiger partial charge in [0.2, 0.25) is 5.91 Å². The lowest BCUT2D eigenvalue weighted by Crippen LogP contribution is -2.57. The van der Waals surface area contributed by atoms with Crippen LogP contribution in [0.5, 0.6) is 5.75 Å². The molecule has 1 atom stereocenters. The number of aryl methyl sites for hydroxylation is 1. The van der Waals surface area contributed by atoms with Crippen molar-refractivity contribution >= 4 is 17.5 Å². The first kappa shape index (κ1) is 15.4. The average Bonchev–Trinajstić information content (AvgIpc) is 2.91. The van der Waals surface area contributed by atoms with E-state index in [1.807, 2.05) is 23.1 Å². The van der Waals surface area contributed by atoms with E-state index in [1.165, 1.54) is 0 Å². The maximum atomic E-state index is 12.8. The van der Waals surface area contributed by atoms with Crippen molar-refractivity contribution in [2.75, 3.05) is 13.1 Å². The van der Waals surface area contributed by atoms with Crippen molar-refractivity contribution < 1.29 is 9.53 Å². The number of halogens is 1. The monoisotopic (exact) mass is 347 g/mol. The maximum absolute atomic E-state index is 12.8. The van der Waals surface area contributed by atoms with Gasteiger partial charge in [-0.1, -0.05) is 30.2 Å². The largest absolute Gasteiger partial charge is 0.485 e. The number of aromatic nitrogens is 4. The fraction of sp³-hybridized carbons (Fsp3) is 0.500. The predicted molar refractivity (Wildman–Crippen MR) is 86.9 cm³/mol. The summed E-state index contributed by atoms with van der Waals surface area (Å²) in [5.41, 5.74) is 0. The smallest absolute Gasteiger partial charge is 0.233 e. The molecular weight excluding hydrogens is 330 g/mol. The topological polar surface area (TPSA) is 73.1 Å². The van der Waals surface area contributed by atoms with Crippen molar-refractivity contribution in [2.45, 2.75) is 37.8 Å². The Kier molecular flexibility index (Phi) is 4.10. The van der Waals surface area contributed by atoms with Gasteiger partial charge in [-0.25, -0.2) is 4.68 Å². The molecule has 24 heavy (non-hydrogen) atoms.